The zero-order chi connectivity index (χ0) is 17.5. The zero-order valence-corrected chi connectivity index (χ0v) is 14.3. The lowest BCUT2D eigenvalue weighted by molar-refractivity contribution is 0.254. The molecule has 0 aliphatic carbocycles. The van der Waals surface area contributed by atoms with E-state index in [2.05, 4.69) is 5.92 Å². The number of carbonyl (C=O) groups excluding carboxylic acids is 1. The Morgan fingerprint density at radius 1 is 1.17 bits per heavy atom. The highest BCUT2D eigenvalue weighted by Gasteiger charge is 2.42. The molecule has 24 heavy (non-hydrogen) atoms. The van der Waals surface area contributed by atoms with Gasteiger partial charge in [-0.25, -0.2) is 13.2 Å². The predicted molar refractivity (Wildman–Crippen MR) is 93.9 cm³/mol. The number of urea groups is 1. The van der Waals surface area contributed by atoms with Gasteiger partial charge in [-0.15, -0.1) is 6.42 Å². The number of amides is 2. The summed E-state index contributed by atoms with van der Waals surface area (Å²) in [4.78, 5) is 14.2. The van der Waals surface area contributed by atoms with Crippen molar-refractivity contribution >= 4 is 39.0 Å². The van der Waals surface area contributed by atoms with Gasteiger partial charge in [0.25, 0.3) is 10.0 Å². The first-order valence-electron chi connectivity index (χ1n) is 7.03. The number of fused-ring (bicyclic) bond motifs is 1. The van der Waals surface area contributed by atoms with Gasteiger partial charge < -0.3 is 0 Å². The van der Waals surface area contributed by atoms with Crippen LogP contribution in [-0.2, 0) is 10.0 Å². The van der Waals surface area contributed by atoms with Crippen LogP contribution in [0, 0.1) is 19.3 Å². The summed E-state index contributed by atoms with van der Waals surface area (Å²) in [6, 6.07) is 10.3. The van der Waals surface area contributed by atoms with Crippen molar-refractivity contribution in [1.82, 2.24) is 0 Å². The zero-order valence-electron chi connectivity index (χ0n) is 12.7. The number of sulfonamides is 1. The Morgan fingerprint density at radius 3 is 2.58 bits per heavy atom. The van der Waals surface area contributed by atoms with E-state index in [1.807, 2.05) is 0 Å². The normalized spacial score (nSPS) is 15.8. The Morgan fingerprint density at radius 2 is 1.88 bits per heavy atom. The molecule has 0 radical (unpaired) electrons. The third-order valence-electron chi connectivity index (χ3n) is 3.72. The van der Waals surface area contributed by atoms with Gasteiger partial charge in [-0.05, 0) is 36.8 Å². The topological polar surface area (TPSA) is 57.7 Å². The lowest BCUT2D eigenvalue weighted by Gasteiger charge is -2.35. The van der Waals surface area contributed by atoms with Crippen LogP contribution in [0.3, 0.4) is 0 Å². The molecule has 1 aliphatic heterocycles. The first-order valence-corrected chi connectivity index (χ1v) is 8.85. The van der Waals surface area contributed by atoms with Gasteiger partial charge >= 0.3 is 6.03 Å². The molecule has 0 saturated heterocycles. The standard InChI is InChI=1S/C17H13ClN2O3S/c1-3-10-19-14-6-4-5-7-16(14)24(22,23)20(17(19)21)15-11-13(18)9-8-12(15)2/h1,4-9,11H,10H2,2H3. The van der Waals surface area contributed by atoms with Crippen molar-refractivity contribution in [2.75, 3.05) is 15.7 Å². The Labute approximate surface area is 145 Å². The van der Waals surface area contributed by atoms with E-state index in [0.29, 0.717) is 10.6 Å². The molecule has 3 rings (SSSR count). The number of carbonyl (C=O) groups is 1. The Bertz CT molecular complexity index is 980. The molecule has 122 valence electrons. The molecule has 0 N–H and O–H groups in total. The van der Waals surface area contributed by atoms with Crippen LogP contribution in [0.15, 0.2) is 47.4 Å². The predicted octanol–water partition coefficient (Wildman–Crippen LogP) is 3.42. The van der Waals surface area contributed by atoms with Gasteiger partial charge in [-0.2, -0.15) is 4.31 Å². The Balaban J connectivity index is 2.30. The van der Waals surface area contributed by atoms with Crippen LogP contribution in [-0.4, -0.2) is 21.0 Å². The molecule has 7 heteroatoms. The van der Waals surface area contributed by atoms with Crippen molar-refractivity contribution in [2.45, 2.75) is 11.8 Å². The SMILES string of the molecule is C#CCN1C(=O)N(c2cc(Cl)ccc2C)S(=O)(=O)c2ccccc21. The largest absolute Gasteiger partial charge is 0.344 e. The van der Waals surface area contributed by atoms with Gasteiger partial charge in [0, 0.05) is 5.02 Å². The van der Waals surface area contributed by atoms with E-state index in [-0.39, 0.29) is 22.8 Å². The summed E-state index contributed by atoms with van der Waals surface area (Å²) in [5.41, 5.74) is 1.09. The summed E-state index contributed by atoms with van der Waals surface area (Å²) in [6.07, 6.45) is 5.35. The molecule has 0 saturated carbocycles. The molecule has 0 unspecified atom stereocenters. The van der Waals surface area contributed by atoms with E-state index in [1.165, 1.54) is 17.0 Å². The molecule has 1 aliphatic rings. The number of hydrogen-bond acceptors (Lipinski definition) is 3. The fourth-order valence-electron chi connectivity index (χ4n) is 2.59. The third-order valence-corrected chi connectivity index (χ3v) is 5.69. The van der Waals surface area contributed by atoms with Crippen molar-refractivity contribution < 1.29 is 13.2 Å². The molecule has 0 atom stereocenters. The summed E-state index contributed by atoms with van der Waals surface area (Å²) >= 11 is 6.00. The van der Waals surface area contributed by atoms with E-state index < -0.39 is 16.1 Å². The summed E-state index contributed by atoms with van der Waals surface area (Å²) in [6.45, 7) is 1.67. The van der Waals surface area contributed by atoms with Crippen molar-refractivity contribution in [3.63, 3.8) is 0 Å². The smallest absolute Gasteiger partial charge is 0.280 e. The van der Waals surface area contributed by atoms with Crippen LogP contribution in [0.4, 0.5) is 16.2 Å². The summed E-state index contributed by atoms with van der Waals surface area (Å²) in [5, 5.41) is 0.334. The molecule has 2 amide bonds. The minimum Gasteiger partial charge on any atom is -0.280 e. The number of halogens is 1. The fourth-order valence-corrected chi connectivity index (χ4v) is 4.41. The molecule has 2 aromatic rings. The van der Waals surface area contributed by atoms with Crippen molar-refractivity contribution in [2.24, 2.45) is 0 Å². The van der Waals surface area contributed by atoms with Crippen LogP contribution in [0.5, 0.6) is 0 Å². The number of rotatable bonds is 2. The maximum Gasteiger partial charge on any atom is 0.344 e. The second-order valence-electron chi connectivity index (χ2n) is 5.24. The first-order chi connectivity index (χ1) is 11.4. The second kappa shape index (κ2) is 5.86. The van der Waals surface area contributed by atoms with Gasteiger partial charge in [0.2, 0.25) is 0 Å². The van der Waals surface area contributed by atoms with Gasteiger partial charge in [-0.1, -0.05) is 35.7 Å². The Kier molecular flexibility index (Phi) is 3.99. The maximum absolute atomic E-state index is 13.0. The summed E-state index contributed by atoms with van der Waals surface area (Å²) in [5.74, 6) is 2.39. The molecular formula is C17H13ClN2O3S. The van der Waals surface area contributed by atoms with Gasteiger partial charge in [0.05, 0.1) is 17.9 Å². The lowest BCUT2D eigenvalue weighted by Crippen LogP contribution is -2.51. The van der Waals surface area contributed by atoms with Gasteiger partial charge in [0.1, 0.15) is 4.90 Å². The van der Waals surface area contributed by atoms with Crippen LogP contribution in [0.1, 0.15) is 5.56 Å². The second-order valence-corrected chi connectivity index (χ2v) is 7.43. The third kappa shape index (κ3) is 2.42. The highest BCUT2D eigenvalue weighted by Crippen LogP contribution is 2.38. The number of anilines is 2. The number of nitrogens with zero attached hydrogens (tertiary/aromatic N) is 2. The van der Waals surface area contributed by atoms with E-state index in [1.54, 1.807) is 37.3 Å². The van der Waals surface area contributed by atoms with Crippen molar-refractivity contribution in [3.8, 4) is 12.3 Å². The van der Waals surface area contributed by atoms with Crippen LogP contribution < -0.4 is 9.21 Å². The average Bonchev–Trinajstić information content (AvgIpc) is 2.55. The number of para-hydroxylation sites is 1. The lowest BCUT2D eigenvalue weighted by atomic mass is 10.2. The van der Waals surface area contributed by atoms with E-state index in [0.717, 1.165) is 4.31 Å². The van der Waals surface area contributed by atoms with Gasteiger partial charge in [-0.3, -0.25) is 4.90 Å². The number of hydrogen-bond donors (Lipinski definition) is 0. The van der Waals surface area contributed by atoms with E-state index >= 15 is 0 Å². The molecule has 5 nitrogen and oxygen atoms in total. The highest BCUT2D eigenvalue weighted by atomic mass is 35.5. The monoisotopic (exact) mass is 360 g/mol. The molecular weight excluding hydrogens is 348 g/mol. The maximum atomic E-state index is 13.0. The molecule has 0 bridgehead atoms. The van der Waals surface area contributed by atoms with E-state index in [4.69, 9.17) is 18.0 Å². The highest BCUT2D eigenvalue weighted by molar-refractivity contribution is 7.94. The summed E-state index contributed by atoms with van der Waals surface area (Å²) < 4.78 is 26.8. The molecule has 2 aromatic carbocycles. The minimum absolute atomic E-state index is 0.0271. The van der Waals surface area contributed by atoms with Crippen LogP contribution >= 0.6 is 11.6 Å². The molecule has 1 heterocycles. The minimum atomic E-state index is -4.06. The molecule has 0 fully saturated rings. The summed E-state index contributed by atoms with van der Waals surface area (Å²) in [7, 11) is -4.06. The number of aryl methyl sites for hydroxylation is 1. The molecule has 0 aromatic heterocycles. The van der Waals surface area contributed by atoms with E-state index in [9.17, 15) is 13.2 Å². The van der Waals surface area contributed by atoms with Gasteiger partial charge in [0.15, 0.2) is 0 Å². The first kappa shape index (κ1) is 16.4. The van der Waals surface area contributed by atoms with Crippen molar-refractivity contribution in [1.29, 1.82) is 0 Å². The quantitative estimate of drug-likeness (QED) is 0.771. The van der Waals surface area contributed by atoms with Crippen LogP contribution in [0.2, 0.25) is 5.02 Å². The van der Waals surface area contributed by atoms with Crippen molar-refractivity contribution in [3.05, 3.63) is 53.1 Å². The fraction of sp³-hybridized carbons (Fsp3) is 0.118. The van der Waals surface area contributed by atoms with Crippen LogP contribution in [0.25, 0.3) is 0 Å². The number of benzene rings is 2. The Hall–Kier alpha value is -2.49. The average molecular weight is 361 g/mol. The molecule has 0 spiro atoms. The number of terminal acetylenes is 1.